The highest BCUT2D eigenvalue weighted by Crippen LogP contribution is 2.46. The molecule has 1 amide bonds. The average Bonchev–Trinajstić information content (AvgIpc) is 3.41. The summed E-state index contributed by atoms with van der Waals surface area (Å²) in [5.74, 6) is 1.19. The van der Waals surface area contributed by atoms with Crippen molar-refractivity contribution in [1.82, 2.24) is 20.1 Å². The largest absolute Gasteiger partial charge is 0.507 e. The Bertz CT molecular complexity index is 1350. The maximum atomic E-state index is 13.6. The Morgan fingerprint density at radius 3 is 2.57 bits per heavy atom. The zero-order valence-electron chi connectivity index (χ0n) is 19.6. The first kappa shape index (κ1) is 22.5. The van der Waals surface area contributed by atoms with E-state index in [-0.39, 0.29) is 11.7 Å². The monoisotopic (exact) mass is 470 g/mol. The fraction of sp³-hybridized carbons (Fsp3) is 0.222. The molecule has 0 saturated heterocycles. The van der Waals surface area contributed by atoms with E-state index in [2.05, 4.69) is 15.2 Å². The van der Waals surface area contributed by atoms with E-state index in [4.69, 9.17) is 9.47 Å². The summed E-state index contributed by atoms with van der Waals surface area (Å²) < 4.78 is 11.6. The molecule has 0 unspecified atom stereocenters. The van der Waals surface area contributed by atoms with Crippen molar-refractivity contribution in [1.29, 1.82) is 0 Å². The second-order valence-electron chi connectivity index (χ2n) is 8.15. The number of H-pyrrole nitrogens is 1. The molecular weight excluding hydrogens is 444 g/mol. The number of fused-ring (bicyclic) bond motifs is 1. The highest BCUT2D eigenvalue weighted by molar-refractivity contribution is 6.00. The number of para-hydroxylation sites is 1. The first-order valence-electron chi connectivity index (χ1n) is 11.6. The number of nitrogens with one attached hydrogen (secondary N) is 1. The van der Waals surface area contributed by atoms with E-state index in [0.717, 1.165) is 11.1 Å². The summed E-state index contributed by atoms with van der Waals surface area (Å²) in [4.78, 5) is 19.6. The van der Waals surface area contributed by atoms with Crippen LogP contribution in [0.15, 0.2) is 67.0 Å². The van der Waals surface area contributed by atoms with Crippen LogP contribution in [0.4, 0.5) is 0 Å². The lowest BCUT2D eigenvalue weighted by Crippen LogP contribution is -2.29. The molecule has 1 atom stereocenters. The van der Waals surface area contributed by atoms with E-state index in [1.165, 1.54) is 0 Å². The number of aromatic hydroxyl groups is 1. The Morgan fingerprint density at radius 2 is 1.83 bits per heavy atom. The van der Waals surface area contributed by atoms with Crippen molar-refractivity contribution in [3.05, 3.63) is 89.4 Å². The average molecular weight is 471 g/mol. The van der Waals surface area contributed by atoms with Crippen LogP contribution in [-0.4, -0.2) is 44.3 Å². The summed E-state index contributed by atoms with van der Waals surface area (Å²) in [7, 11) is 0. The van der Waals surface area contributed by atoms with Crippen LogP contribution in [0.2, 0.25) is 0 Å². The first-order valence-corrected chi connectivity index (χ1v) is 11.6. The van der Waals surface area contributed by atoms with Crippen molar-refractivity contribution < 1.29 is 19.4 Å². The predicted molar refractivity (Wildman–Crippen MR) is 130 cm³/mol. The Morgan fingerprint density at radius 1 is 1.03 bits per heavy atom. The number of rotatable bonds is 8. The fourth-order valence-corrected chi connectivity index (χ4v) is 4.51. The van der Waals surface area contributed by atoms with Gasteiger partial charge in [0.1, 0.15) is 17.1 Å². The van der Waals surface area contributed by atoms with Crippen LogP contribution in [0.5, 0.6) is 17.2 Å². The van der Waals surface area contributed by atoms with Gasteiger partial charge >= 0.3 is 0 Å². The summed E-state index contributed by atoms with van der Waals surface area (Å²) in [5, 5.41) is 17.9. The molecule has 35 heavy (non-hydrogen) atoms. The van der Waals surface area contributed by atoms with Crippen LogP contribution in [0.3, 0.4) is 0 Å². The number of phenolic OH excluding ortho intramolecular Hbond substituents is 1. The third-order valence-electron chi connectivity index (χ3n) is 5.98. The van der Waals surface area contributed by atoms with Crippen LogP contribution in [0.1, 0.15) is 47.1 Å². The molecular formula is C27H26N4O4. The van der Waals surface area contributed by atoms with Crippen LogP contribution in [0.25, 0.3) is 11.3 Å². The maximum absolute atomic E-state index is 13.6. The third-order valence-corrected chi connectivity index (χ3v) is 5.98. The van der Waals surface area contributed by atoms with E-state index >= 15 is 0 Å². The van der Waals surface area contributed by atoms with Gasteiger partial charge in [-0.2, -0.15) is 5.10 Å². The SMILES string of the molecule is CCOc1ccc([C@@H]2c3c(-c4ccccc4O)n[nH]c3C(=O)N2Cc2cccnc2)cc1OCC. The molecule has 3 heterocycles. The topological polar surface area (TPSA) is 101 Å². The van der Waals surface area contributed by atoms with Gasteiger partial charge in [-0.25, -0.2) is 0 Å². The number of carbonyl (C=O) groups excluding carboxylic acids is 1. The zero-order chi connectivity index (χ0) is 24.4. The van der Waals surface area contributed by atoms with E-state index in [9.17, 15) is 9.90 Å². The summed E-state index contributed by atoms with van der Waals surface area (Å²) >= 11 is 0. The normalized spacial score (nSPS) is 14.7. The quantitative estimate of drug-likeness (QED) is 0.387. The molecule has 8 heteroatoms. The van der Waals surface area contributed by atoms with E-state index in [1.54, 1.807) is 35.5 Å². The van der Waals surface area contributed by atoms with E-state index in [0.29, 0.717) is 53.8 Å². The molecule has 1 aliphatic rings. The first-order chi connectivity index (χ1) is 17.1. The van der Waals surface area contributed by atoms with Gasteiger partial charge < -0.3 is 19.5 Å². The van der Waals surface area contributed by atoms with Gasteiger partial charge in [-0.3, -0.25) is 14.9 Å². The number of aromatic amines is 1. The Hall–Kier alpha value is -4.33. The standard InChI is InChI=1S/C27H26N4O4/c1-3-34-21-12-11-18(14-22(21)35-4-2)26-23-24(19-9-5-6-10-20(19)32)29-30-25(23)27(33)31(26)16-17-8-7-13-28-15-17/h5-15,26,32H,3-4,16H2,1-2H3,(H,29,30)/t26-/m1/s1. The number of benzene rings is 2. The molecule has 0 fully saturated rings. The molecule has 0 saturated carbocycles. The fourth-order valence-electron chi connectivity index (χ4n) is 4.51. The molecule has 0 radical (unpaired) electrons. The predicted octanol–water partition coefficient (Wildman–Crippen LogP) is 4.72. The smallest absolute Gasteiger partial charge is 0.273 e. The van der Waals surface area contributed by atoms with Crippen molar-refractivity contribution in [2.45, 2.75) is 26.4 Å². The second kappa shape index (κ2) is 9.50. The number of amides is 1. The number of hydrogen-bond donors (Lipinski definition) is 2. The van der Waals surface area contributed by atoms with E-state index < -0.39 is 6.04 Å². The second-order valence-corrected chi connectivity index (χ2v) is 8.15. The molecule has 178 valence electrons. The van der Waals surface area contributed by atoms with Gasteiger partial charge in [0.25, 0.3) is 5.91 Å². The van der Waals surface area contributed by atoms with Gasteiger partial charge in [0.05, 0.1) is 19.3 Å². The minimum Gasteiger partial charge on any atom is -0.507 e. The highest BCUT2D eigenvalue weighted by atomic mass is 16.5. The summed E-state index contributed by atoms with van der Waals surface area (Å²) in [5.41, 5.74) is 3.98. The summed E-state index contributed by atoms with van der Waals surface area (Å²) in [6, 6.07) is 16.1. The summed E-state index contributed by atoms with van der Waals surface area (Å²) in [6.07, 6.45) is 3.46. The van der Waals surface area contributed by atoms with Crippen molar-refractivity contribution in [2.24, 2.45) is 0 Å². The molecule has 5 rings (SSSR count). The van der Waals surface area contributed by atoms with Gasteiger partial charge in [-0.05, 0) is 55.3 Å². The van der Waals surface area contributed by atoms with Crippen LogP contribution in [0, 0.1) is 0 Å². The number of pyridine rings is 1. The van der Waals surface area contributed by atoms with Crippen molar-refractivity contribution in [3.8, 4) is 28.5 Å². The lowest BCUT2D eigenvalue weighted by molar-refractivity contribution is 0.0729. The molecule has 0 aliphatic carbocycles. The molecule has 0 spiro atoms. The van der Waals surface area contributed by atoms with Gasteiger partial charge in [0.2, 0.25) is 0 Å². The number of ether oxygens (including phenoxy) is 2. The maximum Gasteiger partial charge on any atom is 0.273 e. The highest BCUT2D eigenvalue weighted by Gasteiger charge is 2.42. The molecule has 8 nitrogen and oxygen atoms in total. The Kier molecular flexibility index (Phi) is 6.10. The molecule has 0 bridgehead atoms. The molecule has 2 N–H and O–H groups in total. The summed E-state index contributed by atoms with van der Waals surface area (Å²) in [6.45, 7) is 5.19. The lowest BCUT2D eigenvalue weighted by Gasteiger charge is -2.27. The van der Waals surface area contributed by atoms with Gasteiger partial charge in [-0.1, -0.05) is 24.3 Å². The van der Waals surface area contributed by atoms with Gasteiger partial charge in [0, 0.05) is 30.1 Å². The van der Waals surface area contributed by atoms with Crippen LogP contribution >= 0.6 is 0 Å². The van der Waals surface area contributed by atoms with Crippen LogP contribution < -0.4 is 9.47 Å². The molecule has 4 aromatic rings. The van der Waals surface area contributed by atoms with Gasteiger partial charge in [0.15, 0.2) is 11.5 Å². The minimum absolute atomic E-state index is 0.0976. The van der Waals surface area contributed by atoms with Crippen LogP contribution in [-0.2, 0) is 6.54 Å². The van der Waals surface area contributed by atoms with E-state index in [1.807, 2.05) is 50.2 Å². The third kappa shape index (κ3) is 4.07. The number of hydrogen-bond acceptors (Lipinski definition) is 6. The van der Waals surface area contributed by atoms with Crippen molar-refractivity contribution in [2.75, 3.05) is 13.2 Å². The Labute approximate surface area is 203 Å². The number of carbonyl (C=O) groups is 1. The van der Waals surface area contributed by atoms with Crippen molar-refractivity contribution >= 4 is 5.91 Å². The Balaban J connectivity index is 1.67. The zero-order valence-corrected chi connectivity index (χ0v) is 19.6. The molecule has 2 aromatic heterocycles. The van der Waals surface area contributed by atoms with Crippen molar-refractivity contribution in [3.63, 3.8) is 0 Å². The number of aromatic nitrogens is 3. The molecule has 2 aromatic carbocycles. The lowest BCUT2D eigenvalue weighted by atomic mass is 9.95. The number of nitrogens with zero attached hydrogens (tertiary/aromatic N) is 3. The van der Waals surface area contributed by atoms with Gasteiger partial charge in [-0.15, -0.1) is 0 Å². The molecule has 1 aliphatic heterocycles. The minimum atomic E-state index is -0.457. The number of phenols is 1.